The first-order valence-corrected chi connectivity index (χ1v) is 4.54. The lowest BCUT2D eigenvalue weighted by Gasteiger charge is -2.01. The predicted octanol–water partition coefficient (Wildman–Crippen LogP) is 2.62. The highest BCUT2D eigenvalue weighted by molar-refractivity contribution is 5.82. The molecule has 0 amide bonds. The number of aryl methyl sites for hydroxylation is 1. The Morgan fingerprint density at radius 3 is 2.87 bits per heavy atom. The third-order valence-electron chi connectivity index (χ3n) is 2.09. The van der Waals surface area contributed by atoms with Crippen LogP contribution in [0.1, 0.15) is 5.69 Å². The largest absolute Gasteiger partial charge is 0.513 e. The van der Waals surface area contributed by atoms with Crippen LogP contribution in [0.25, 0.3) is 10.9 Å². The number of hydrogen-bond donors (Lipinski definition) is 1. The number of benzene rings is 1. The van der Waals surface area contributed by atoms with Crippen LogP contribution in [0.4, 0.5) is 4.79 Å². The molecule has 4 nitrogen and oxygen atoms in total. The molecular formula is C11H11NO3. The molecule has 0 radical (unpaired) electrons. The topological polar surface area (TPSA) is 51.3 Å². The molecule has 4 heteroatoms. The number of aromatic nitrogens is 1. The van der Waals surface area contributed by atoms with Crippen molar-refractivity contribution in [1.29, 1.82) is 0 Å². The fourth-order valence-corrected chi connectivity index (χ4v) is 1.46. The molecule has 0 aliphatic carbocycles. The number of carbonyl (C=O) groups excluding carboxylic acids is 1. The van der Waals surface area contributed by atoms with Gasteiger partial charge in [0.25, 0.3) is 0 Å². The smallest absolute Gasteiger partial charge is 0.437 e. The van der Waals surface area contributed by atoms with E-state index in [0.717, 1.165) is 16.6 Å². The van der Waals surface area contributed by atoms with Gasteiger partial charge in [-0.3, -0.25) is 0 Å². The van der Waals surface area contributed by atoms with Crippen LogP contribution in [0.5, 0.6) is 5.75 Å². The minimum Gasteiger partial charge on any atom is -0.437 e. The van der Waals surface area contributed by atoms with E-state index in [9.17, 15) is 4.79 Å². The normalized spacial score (nSPS) is 10.3. The second kappa shape index (κ2) is 3.65. The quantitative estimate of drug-likeness (QED) is 0.575. The van der Waals surface area contributed by atoms with Crippen molar-refractivity contribution in [3.8, 4) is 5.75 Å². The first kappa shape index (κ1) is 9.58. The number of aromatic amines is 1. The highest BCUT2D eigenvalue weighted by atomic mass is 16.7. The molecule has 0 saturated carbocycles. The van der Waals surface area contributed by atoms with E-state index in [1.165, 1.54) is 7.11 Å². The fourth-order valence-electron chi connectivity index (χ4n) is 1.46. The second-order valence-corrected chi connectivity index (χ2v) is 3.26. The van der Waals surface area contributed by atoms with Crippen molar-refractivity contribution in [2.24, 2.45) is 0 Å². The highest BCUT2D eigenvalue weighted by Gasteiger charge is 2.05. The van der Waals surface area contributed by atoms with Gasteiger partial charge in [0, 0.05) is 16.6 Å². The Kier molecular flexibility index (Phi) is 2.33. The second-order valence-electron chi connectivity index (χ2n) is 3.26. The van der Waals surface area contributed by atoms with Crippen LogP contribution in [0.15, 0.2) is 24.3 Å². The third kappa shape index (κ3) is 1.93. The van der Waals surface area contributed by atoms with Crippen LogP contribution < -0.4 is 4.74 Å². The Labute approximate surface area is 86.8 Å². The van der Waals surface area contributed by atoms with Crippen molar-refractivity contribution in [3.63, 3.8) is 0 Å². The van der Waals surface area contributed by atoms with Gasteiger partial charge in [-0.2, -0.15) is 0 Å². The number of nitrogens with one attached hydrogen (secondary N) is 1. The summed E-state index contributed by atoms with van der Waals surface area (Å²) in [6, 6.07) is 7.35. The van der Waals surface area contributed by atoms with E-state index in [-0.39, 0.29) is 0 Å². The summed E-state index contributed by atoms with van der Waals surface area (Å²) < 4.78 is 9.31. The molecule has 1 heterocycles. The van der Waals surface area contributed by atoms with E-state index in [2.05, 4.69) is 9.72 Å². The maximum absolute atomic E-state index is 10.9. The summed E-state index contributed by atoms with van der Waals surface area (Å²) in [5.74, 6) is 0.480. The van der Waals surface area contributed by atoms with Gasteiger partial charge >= 0.3 is 6.16 Å². The Balaban J connectivity index is 2.33. The summed E-state index contributed by atoms with van der Waals surface area (Å²) in [6.07, 6.45) is -0.707. The monoisotopic (exact) mass is 205 g/mol. The first-order valence-electron chi connectivity index (χ1n) is 4.54. The number of ether oxygens (including phenoxy) is 2. The molecule has 0 aliphatic rings. The van der Waals surface area contributed by atoms with Crippen LogP contribution in [-0.2, 0) is 4.74 Å². The standard InChI is InChI=1S/C11H11NO3/c1-7-5-8-6-9(15-11(13)14-2)3-4-10(8)12-7/h3-6,12H,1-2H3. The summed E-state index contributed by atoms with van der Waals surface area (Å²) in [7, 11) is 1.28. The van der Waals surface area contributed by atoms with Gasteiger partial charge < -0.3 is 14.5 Å². The maximum atomic E-state index is 10.9. The van der Waals surface area contributed by atoms with Gasteiger partial charge in [-0.1, -0.05) is 0 Å². The van der Waals surface area contributed by atoms with Gasteiger partial charge in [-0.15, -0.1) is 0 Å². The van der Waals surface area contributed by atoms with Gasteiger partial charge in [-0.25, -0.2) is 4.79 Å². The number of H-pyrrole nitrogens is 1. The Bertz CT molecular complexity index is 502. The Morgan fingerprint density at radius 2 is 2.13 bits per heavy atom. The summed E-state index contributed by atoms with van der Waals surface area (Å²) in [6.45, 7) is 1.97. The van der Waals surface area contributed by atoms with Gasteiger partial charge in [0.05, 0.1) is 7.11 Å². The molecule has 0 atom stereocenters. The van der Waals surface area contributed by atoms with Crippen molar-refractivity contribution in [2.45, 2.75) is 6.92 Å². The Hall–Kier alpha value is -1.97. The van der Waals surface area contributed by atoms with Gasteiger partial charge in [-0.05, 0) is 31.2 Å². The third-order valence-corrected chi connectivity index (χ3v) is 2.09. The molecule has 0 unspecified atom stereocenters. The van der Waals surface area contributed by atoms with Gasteiger partial charge in [0.1, 0.15) is 5.75 Å². The minimum absolute atomic E-state index is 0.480. The maximum Gasteiger partial charge on any atom is 0.513 e. The lowest BCUT2D eigenvalue weighted by molar-refractivity contribution is 0.121. The molecule has 0 spiro atoms. The molecule has 1 aromatic heterocycles. The molecule has 0 bridgehead atoms. The molecular weight excluding hydrogens is 194 g/mol. The highest BCUT2D eigenvalue weighted by Crippen LogP contribution is 2.21. The molecule has 1 aromatic carbocycles. The molecule has 1 N–H and O–H groups in total. The minimum atomic E-state index is -0.707. The zero-order valence-corrected chi connectivity index (χ0v) is 8.53. The number of methoxy groups -OCH3 is 1. The Morgan fingerprint density at radius 1 is 1.33 bits per heavy atom. The van der Waals surface area contributed by atoms with Crippen LogP contribution in [0.3, 0.4) is 0 Å². The molecule has 0 aliphatic heterocycles. The van der Waals surface area contributed by atoms with E-state index in [1.807, 2.05) is 19.1 Å². The molecule has 2 rings (SSSR count). The van der Waals surface area contributed by atoms with E-state index in [1.54, 1.807) is 12.1 Å². The SMILES string of the molecule is COC(=O)Oc1ccc2[nH]c(C)cc2c1. The van der Waals surface area contributed by atoms with E-state index < -0.39 is 6.16 Å². The molecule has 15 heavy (non-hydrogen) atoms. The van der Waals surface area contributed by atoms with Crippen LogP contribution in [-0.4, -0.2) is 18.2 Å². The van der Waals surface area contributed by atoms with Crippen LogP contribution in [0, 0.1) is 6.92 Å². The van der Waals surface area contributed by atoms with E-state index in [4.69, 9.17) is 4.74 Å². The summed E-state index contributed by atoms with van der Waals surface area (Å²) in [5.41, 5.74) is 2.09. The predicted molar refractivity (Wildman–Crippen MR) is 56.1 cm³/mol. The number of fused-ring (bicyclic) bond motifs is 1. The van der Waals surface area contributed by atoms with E-state index in [0.29, 0.717) is 5.75 Å². The van der Waals surface area contributed by atoms with Gasteiger partial charge in [0.2, 0.25) is 0 Å². The number of carbonyl (C=O) groups is 1. The average Bonchev–Trinajstić information content (AvgIpc) is 2.57. The fraction of sp³-hybridized carbons (Fsp3) is 0.182. The molecule has 0 saturated heterocycles. The van der Waals surface area contributed by atoms with Crippen molar-refractivity contribution >= 4 is 17.1 Å². The molecule has 2 aromatic rings. The van der Waals surface area contributed by atoms with Crippen molar-refractivity contribution in [3.05, 3.63) is 30.0 Å². The first-order chi connectivity index (χ1) is 7.19. The summed E-state index contributed by atoms with van der Waals surface area (Å²) >= 11 is 0. The lowest BCUT2D eigenvalue weighted by Crippen LogP contribution is -2.06. The zero-order chi connectivity index (χ0) is 10.8. The van der Waals surface area contributed by atoms with Crippen LogP contribution in [0.2, 0.25) is 0 Å². The molecule has 78 valence electrons. The summed E-state index contributed by atoms with van der Waals surface area (Å²) in [5, 5.41) is 1.01. The number of rotatable bonds is 1. The van der Waals surface area contributed by atoms with E-state index >= 15 is 0 Å². The van der Waals surface area contributed by atoms with Gasteiger partial charge in [0.15, 0.2) is 0 Å². The van der Waals surface area contributed by atoms with Crippen LogP contribution >= 0.6 is 0 Å². The van der Waals surface area contributed by atoms with Crippen molar-refractivity contribution in [1.82, 2.24) is 4.98 Å². The van der Waals surface area contributed by atoms with Crippen molar-refractivity contribution < 1.29 is 14.3 Å². The number of hydrogen-bond acceptors (Lipinski definition) is 3. The summed E-state index contributed by atoms with van der Waals surface area (Å²) in [4.78, 5) is 14.1. The van der Waals surface area contributed by atoms with Crippen molar-refractivity contribution in [2.75, 3.05) is 7.11 Å². The zero-order valence-electron chi connectivity index (χ0n) is 8.53. The molecule has 0 fully saturated rings. The average molecular weight is 205 g/mol. The lowest BCUT2D eigenvalue weighted by atomic mass is 10.2.